The molecule has 270 valence electrons. The maximum Gasteiger partial charge on any atom is 0.407 e. The molecule has 47 heavy (non-hydrogen) atoms. The Morgan fingerprint density at radius 2 is 1.51 bits per heavy atom. The van der Waals surface area contributed by atoms with Gasteiger partial charge in [-0.15, -0.1) is 0 Å². The highest BCUT2D eigenvalue weighted by molar-refractivity contribution is 5.88. The van der Waals surface area contributed by atoms with Gasteiger partial charge in [-0.2, -0.15) is 9.99 Å². The number of aryl methyl sites for hydroxylation is 1. The van der Waals surface area contributed by atoms with Crippen molar-refractivity contribution in [3.05, 3.63) is 22.1 Å². The molecule has 2 rings (SSSR count). The number of ether oxygens (including phenoxy) is 1. The summed E-state index contributed by atoms with van der Waals surface area (Å²) >= 11 is 0. The molecule has 10 heteroatoms. The Morgan fingerprint density at radius 1 is 0.957 bits per heavy atom. The Balaban J connectivity index is 1.87. The molecule has 1 aromatic heterocycles. The van der Waals surface area contributed by atoms with Gasteiger partial charge in [0.1, 0.15) is 0 Å². The standard InChI is InChI=1S/C37H68N6O4/c1-7-9-11-13-15-16-18-20-22-30(21-19-17-14-12-10-8-2)26-47-35(46)41-31-24-36(4,5)27-37(6,25-31)28-39-34(45)43(38)33-40-29(3)23-32(44)42-33/h23,30-31H,7-22,24-28,38H2,1-6H3,(H,39,45)(H,41,46)(H,40,42,44). The van der Waals surface area contributed by atoms with Gasteiger partial charge in [0, 0.05) is 24.3 Å². The zero-order valence-electron chi connectivity index (χ0n) is 30.7. The Hall–Kier alpha value is -2.62. The van der Waals surface area contributed by atoms with Gasteiger partial charge in [-0.1, -0.05) is 125 Å². The SMILES string of the molecule is CCCCCCCCCCC(CCCCCCCC)COC(=O)NC1CC(C)(C)CC(C)(CNC(=O)N(N)c2nc(=O)cc(C)[nH]2)C1. The number of nitrogens with two attached hydrogens (primary N) is 1. The summed E-state index contributed by atoms with van der Waals surface area (Å²) in [6.45, 7) is 13.6. The van der Waals surface area contributed by atoms with E-state index in [1.54, 1.807) is 6.92 Å². The highest BCUT2D eigenvalue weighted by Crippen LogP contribution is 2.45. The molecular formula is C37H68N6O4. The van der Waals surface area contributed by atoms with E-state index in [0.717, 1.165) is 30.7 Å². The number of hydrogen-bond donors (Lipinski definition) is 4. The lowest BCUT2D eigenvalue weighted by molar-refractivity contribution is 0.0633. The van der Waals surface area contributed by atoms with E-state index in [-0.39, 0.29) is 28.9 Å². The van der Waals surface area contributed by atoms with Crippen molar-refractivity contribution < 1.29 is 14.3 Å². The smallest absolute Gasteiger partial charge is 0.407 e. The van der Waals surface area contributed by atoms with Crippen molar-refractivity contribution >= 4 is 18.1 Å². The largest absolute Gasteiger partial charge is 0.449 e. The Labute approximate surface area is 285 Å². The number of urea groups is 1. The van der Waals surface area contributed by atoms with Crippen LogP contribution in [0, 0.1) is 23.7 Å². The average Bonchev–Trinajstić information content (AvgIpc) is 2.99. The van der Waals surface area contributed by atoms with Gasteiger partial charge in [-0.05, 0) is 55.8 Å². The molecule has 1 aliphatic carbocycles. The summed E-state index contributed by atoms with van der Waals surface area (Å²) in [7, 11) is 0. The highest BCUT2D eigenvalue weighted by Gasteiger charge is 2.42. The van der Waals surface area contributed by atoms with Gasteiger partial charge in [0.15, 0.2) is 0 Å². The van der Waals surface area contributed by atoms with E-state index in [9.17, 15) is 14.4 Å². The Kier molecular flexibility index (Phi) is 18.4. The number of hydrazine groups is 1. The number of unbranched alkanes of at least 4 members (excludes halogenated alkanes) is 12. The van der Waals surface area contributed by atoms with Crippen molar-refractivity contribution in [2.75, 3.05) is 18.2 Å². The van der Waals surface area contributed by atoms with Gasteiger partial charge in [-0.3, -0.25) is 4.79 Å². The number of nitrogens with zero attached hydrogens (tertiary/aromatic N) is 2. The van der Waals surface area contributed by atoms with Crippen LogP contribution in [0.3, 0.4) is 0 Å². The second kappa shape index (κ2) is 21.4. The lowest BCUT2D eigenvalue weighted by atomic mass is 9.62. The normalized spacial score (nSPS) is 19.6. The van der Waals surface area contributed by atoms with Gasteiger partial charge >= 0.3 is 12.1 Å². The molecule has 0 saturated heterocycles. The predicted molar refractivity (Wildman–Crippen MR) is 192 cm³/mol. The van der Waals surface area contributed by atoms with Crippen LogP contribution in [0.2, 0.25) is 0 Å². The minimum atomic E-state index is -0.555. The van der Waals surface area contributed by atoms with Crippen molar-refractivity contribution in [2.24, 2.45) is 22.6 Å². The second-order valence-corrected chi connectivity index (χ2v) is 15.4. The van der Waals surface area contributed by atoms with E-state index in [2.05, 4.69) is 55.2 Å². The third kappa shape index (κ3) is 16.9. The number of anilines is 1. The number of aromatic amines is 1. The molecule has 1 fully saturated rings. The predicted octanol–water partition coefficient (Wildman–Crippen LogP) is 8.68. The van der Waals surface area contributed by atoms with Crippen LogP contribution in [0.5, 0.6) is 0 Å². The van der Waals surface area contributed by atoms with Gasteiger partial charge in [0.05, 0.1) is 6.61 Å². The van der Waals surface area contributed by atoms with E-state index in [1.165, 1.54) is 96.0 Å². The molecule has 1 saturated carbocycles. The number of hydrogen-bond acceptors (Lipinski definition) is 6. The van der Waals surface area contributed by atoms with Crippen molar-refractivity contribution in [3.63, 3.8) is 0 Å². The molecule has 1 heterocycles. The summed E-state index contributed by atoms with van der Waals surface area (Å²) in [5.74, 6) is 6.38. The van der Waals surface area contributed by atoms with Crippen molar-refractivity contribution in [1.29, 1.82) is 0 Å². The Bertz CT molecular complexity index is 1110. The molecule has 1 aromatic rings. The first-order chi connectivity index (χ1) is 22.4. The fraction of sp³-hybridized carbons (Fsp3) is 0.838. The van der Waals surface area contributed by atoms with E-state index < -0.39 is 11.6 Å². The van der Waals surface area contributed by atoms with E-state index in [0.29, 0.717) is 31.2 Å². The summed E-state index contributed by atoms with van der Waals surface area (Å²) < 4.78 is 5.88. The zero-order chi connectivity index (χ0) is 34.7. The number of carbonyl (C=O) groups excluding carboxylic acids is 2. The Morgan fingerprint density at radius 3 is 2.06 bits per heavy atom. The average molecular weight is 661 g/mol. The fourth-order valence-electron chi connectivity index (χ4n) is 7.51. The fourth-order valence-corrected chi connectivity index (χ4v) is 7.51. The number of aromatic nitrogens is 2. The first-order valence-corrected chi connectivity index (χ1v) is 18.7. The van der Waals surface area contributed by atoms with Crippen LogP contribution in [0.4, 0.5) is 15.5 Å². The van der Waals surface area contributed by atoms with Crippen molar-refractivity contribution in [2.45, 2.75) is 170 Å². The molecule has 10 nitrogen and oxygen atoms in total. The first-order valence-electron chi connectivity index (χ1n) is 18.7. The maximum absolute atomic E-state index is 13.1. The third-order valence-electron chi connectivity index (χ3n) is 9.63. The van der Waals surface area contributed by atoms with E-state index in [4.69, 9.17) is 10.6 Å². The lowest BCUT2D eigenvalue weighted by Gasteiger charge is -2.46. The van der Waals surface area contributed by atoms with Crippen LogP contribution in [0.15, 0.2) is 10.9 Å². The lowest BCUT2D eigenvalue weighted by Crippen LogP contribution is -2.53. The number of H-pyrrole nitrogens is 1. The van der Waals surface area contributed by atoms with Gasteiger partial charge < -0.3 is 20.4 Å². The summed E-state index contributed by atoms with van der Waals surface area (Å²) in [5, 5.41) is 6.91. The summed E-state index contributed by atoms with van der Waals surface area (Å²) in [6, 6.07) is 0.716. The minimum Gasteiger partial charge on any atom is -0.449 e. The topological polar surface area (TPSA) is 142 Å². The van der Waals surface area contributed by atoms with Gasteiger partial charge in [0.25, 0.3) is 5.56 Å². The molecule has 3 amide bonds. The number of carbonyl (C=O) groups is 2. The van der Waals surface area contributed by atoms with Crippen LogP contribution in [0.1, 0.15) is 162 Å². The first kappa shape index (κ1) is 40.6. The van der Waals surface area contributed by atoms with Crippen LogP contribution in [-0.2, 0) is 4.74 Å². The summed E-state index contributed by atoms with van der Waals surface area (Å²) in [5.41, 5.74) is -0.228. The summed E-state index contributed by atoms with van der Waals surface area (Å²) in [4.78, 5) is 44.4. The number of nitrogens with one attached hydrogen (secondary N) is 3. The quantitative estimate of drug-likeness (QED) is 0.0424. The monoisotopic (exact) mass is 661 g/mol. The molecule has 0 spiro atoms. The van der Waals surface area contributed by atoms with Crippen LogP contribution in [-0.4, -0.2) is 41.3 Å². The molecule has 0 radical (unpaired) electrons. The highest BCUT2D eigenvalue weighted by atomic mass is 16.5. The molecule has 1 aliphatic rings. The molecular weight excluding hydrogens is 592 g/mol. The number of amides is 3. The minimum absolute atomic E-state index is 0.0129. The van der Waals surface area contributed by atoms with E-state index in [1.807, 2.05) is 0 Å². The third-order valence-corrected chi connectivity index (χ3v) is 9.63. The van der Waals surface area contributed by atoms with Gasteiger partial charge in [-0.25, -0.2) is 15.4 Å². The molecule has 5 N–H and O–H groups in total. The van der Waals surface area contributed by atoms with Crippen LogP contribution in [0.25, 0.3) is 0 Å². The van der Waals surface area contributed by atoms with Gasteiger partial charge in [0.2, 0.25) is 5.95 Å². The molecule has 0 aromatic carbocycles. The summed E-state index contributed by atoms with van der Waals surface area (Å²) in [6.07, 6.45) is 22.4. The van der Waals surface area contributed by atoms with E-state index >= 15 is 0 Å². The van der Waals surface area contributed by atoms with Crippen molar-refractivity contribution in [3.8, 4) is 0 Å². The molecule has 3 atom stereocenters. The zero-order valence-corrected chi connectivity index (χ0v) is 30.7. The second-order valence-electron chi connectivity index (χ2n) is 15.4. The maximum atomic E-state index is 13.1. The molecule has 3 unspecified atom stereocenters. The molecule has 0 bridgehead atoms. The molecule has 0 aliphatic heterocycles. The van der Waals surface area contributed by atoms with Crippen LogP contribution < -0.4 is 27.0 Å². The number of rotatable bonds is 22. The number of alkyl carbamates (subject to hydrolysis) is 1. The van der Waals surface area contributed by atoms with Crippen LogP contribution >= 0.6 is 0 Å². The van der Waals surface area contributed by atoms with Crippen molar-refractivity contribution in [1.82, 2.24) is 20.6 Å².